The average Bonchev–Trinajstić information content (AvgIpc) is 3.10. The number of rotatable bonds is 8. The van der Waals surface area contributed by atoms with E-state index in [-0.39, 0.29) is 24.7 Å². The number of ether oxygens (including phenoxy) is 2. The zero-order valence-corrected chi connectivity index (χ0v) is 15.0. The minimum Gasteiger partial charge on any atom is -0.508 e. The van der Waals surface area contributed by atoms with Crippen LogP contribution in [0.3, 0.4) is 0 Å². The van der Waals surface area contributed by atoms with Gasteiger partial charge in [-0.15, -0.1) is 0 Å². The summed E-state index contributed by atoms with van der Waals surface area (Å²) < 4.78 is 16.0. The van der Waals surface area contributed by atoms with Gasteiger partial charge in [0.2, 0.25) is 0 Å². The first kappa shape index (κ1) is 19.2. The van der Waals surface area contributed by atoms with Crippen LogP contribution < -0.4 is 10.1 Å². The third kappa shape index (κ3) is 4.60. The van der Waals surface area contributed by atoms with Crippen molar-refractivity contribution in [2.75, 3.05) is 13.7 Å². The van der Waals surface area contributed by atoms with E-state index in [0.717, 1.165) is 0 Å². The van der Waals surface area contributed by atoms with Crippen LogP contribution >= 0.6 is 0 Å². The Kier molecular flexibility index (Phi) is 5.81. The lowest BCUT2D eigenvalue weighted by molar-refractivity contribution is -0.141. The zero-order chi connectivity index (χ0) is 20.1. The van der Waals surface area contributed by atoms with Crippen molar-refractivity contribution in [3.63, 3.8) is 0 Å². The molecule has 1 atom stereocenters. The number of furan rings is 1. The number of benzene rings is 2. The van der Waals surface area contributed by atoms with Crippen molar-refractivity contribution in [2.45, 2.75) is 12.6 Å². The van der Waals surface area contributed by atoms with Gasteiger partial charge in [0.05, 0.1) is 20.3 Å². The average molecular weight is 385 g/mol. The lowest BCUT2D eigenvalue weighted by Crippen LogP contribution is -2.43. The number of amides is 1. The maximum atomic E-state index is 12.4. The summed E-state index contributed by atoms with van der Waals surface area (Å²) in [5.74, 6) is -1.21. The van der Waals surface area contributed by atoms with Crippen molar-refractivity contribution >= 4 is 22.8 Å². The molecule has 146 valence electrons. The van der Waals surface area contributed by atoms with Crippen LogP contribution in [0, 0.1) is 0 Å². The summed E-state index contributed by atoms with van der Waals surface area (Å²) in [6, 6.07) is 11.7. The van der Waals surface area contributed by atoms with Crippen LogP contribution in [0.15, 0.2) is 52.9 Å². The van der Waals surface area contributed by atoms with E-state index in [4.69, 9.17) is 13.9 Å². The monoisotopic (exact) mass is 385 g/mol. The molecule has 0 bridgehead atoms. The van der Waals surface area contributed by atoms with Gasteiger partial charge in [0.15, 0.2) is 11.8 Å². The van der Waals surface area contributed by atoms with E-state index < -0.39 is 17.9 Å². The molecular formula is C20H19NO7. The number of carboxylic acids is 1. The Morgan fingerprint density at radius 3 is 2.71 bits per heavy atom. The van der Waals surface area contributed by atoms with Crippen molar-refractivity contribution in [3.8, 4) is 11.5 Å². The lowest BCUT2D eigenvalue weighted by Gasteiger charge is -2.14. The number of fused-ring (bicyclic) bond motifs is 1. The van der Waals surface area contributed by atoms with E-state index in [9.17, 15) is 19.8 Å². The fourth-order valence-electron chi connectivity index (χ4n) is 2.61. The molecule has 8 nitrogen and oxygen atoms in total. The Hall–Kier alpha value is -3.52. The van der Waals surface area contributed by atoms with Crippen molar-refractivity contribution in [2.24, 2.45) is 0 Å². The second-order valence-electron chi connectivity index (χ2n) is 6.06. The predicted octanol–water partition coefficient (Wildman–Crippen LogP) is 2.55. The Morgan fingerprint density at radius 2 is 2.00 bits per heavy atom. The molecule has 0 aliphatic carbocycles. The first-order valence-corrected chi connectivity index (χ1v) is 8.43. The van der Waals surface area contributed by atoms with Gasteiger partial charge in [-0.05, 0) is 42.0 Å². The van der Waals surface area contributed by atoms with E-state index in [0.29, 0.717) is 22.3 Å². The molecule has 1 aromatic heterocycles. The molecule has 1 amide bonds. The molecule has 1 heterocycles. The molecule has 0 spiro atoms. The molecule has 0 radical (unpaired) electrons. The Morgan fingerprint density at radius 1 is 1.18 bits per heavy atom. The van der Waals surface area contributed by atoms with Crippen LogP contribution in [-0.4, -0.2) is 41.8 Å². The van der Waals surface area contributed by atoms with E-state index >= 15 is 0 Å². The van der Waals surface area contributed by atoms with Crippen molar-refractivity contribution in [1.82, 2.24) is 5.32 Å². The molecule has 0 saturated carbocycles. The Balaban J connectivity index is 1.63. The second kappa shape index (κ2) is 8.45. The van der Waals surface area contributed by atoms with Gasteiger partial charge in [0.25, 0.3) is 5.91 Å². The van der Waals surface area contributed by atoms with Crippen LogP contribution in [0.2, 0.25) is 0 Å². The minimum atomic E-state index is -1.26. The summed E-state index contributed by atoms with van der Waals surface area (Å²) in [7, 11) is 1.53. The summed E-state index contributed by atoms with van der Waals surface area (Å²) >= 11 is 0. The van der Waals surface area contributed by atoms with Crippen molar-refractivity contribution < 1.29 is 33.7 Å². The third-order valence-corrected chi connectivity index (χ3v) is 4.01. The molecule has 0 fully saturated rings. The second-order valence-corrected chi connectivity index (χ2v) is 6.06. The predicted molar refractivity (Wildman–Crippen MR) is 99.4 cm³/mol. The first-order valence-electron chi connectivity index (χ1n) is 8.43. The summed E-state index contributed by atoms with van der Waals surface area (Å²) in [5, 5.41) is 21.8. The van der Waals surface area contributed by atoms with Crippen LogP contribution in [-0.2, 0) is 16.1 Å². The molecule has 28 heavy (non-hydrogen) atoms. The van der Waals surface area contributed by atoms with Gasteiger partial charge in [0.1, 0.15) is 17.1 Å². The highest BCUT2D eigenvalue weighted by Gasteiger charge is 2.23. The summed E-state index contributed by atoms with van der Waals surface area (Å²) in [6.07, 6.45) is 0. The number of aromatic hydroxyl groups is 1. The van der Waals surface area contributed by atoms with E-state index in [2.05, 4.69) is 5.32 Å². The molecular weight excluding hydrogens is 366 g/mol. The fourth-order valence-corrected chi connectivity index (χ4v) is 2.61. The van der Waals surface area contributed by atoms with Gasteiger partial charge in [-0.3, -0.25) is 4.79 Å². The lowest BCUT2D eigenvalue weighted by atomic mass is 10.2. The standard InChI is InChI=1S/C20H19NO7/c1-26-15-5-6-17-13(8-15)9-18(28-17)19(23)21-16(20(24)25)11-27-10-12-3-2-4-14(22)7-12/h2-9,16,22H,10-11H2,1H3,(H,21,23)(H,24,25). The number of nitrogens with one attached hydrogen (secondary N) is 1. The van der Waals surface area contributed by atoms with Gasteiger partial charge in [-0.25, -0.2) is 4.79 Å². The zero-order valence-electron chi connectivity index (χ0n) is 15.0. The summed E-state index contributed by atoms with van der Waals surface area (Å²) in [6.45, 7) is -0.150. The van der Waals surface area contributed by atoms with Gasteiger partial charge < -0.3 is 29.4 Å². The fraction of sp³-hybridized carbons (Fsp3) is 0.200. The van der Waals surface area contributed by atoms with E-state index in [1.54, 1.807) is 30.3 Å². The maximum absolute atomic E-state index is 12.4. The molecule has 2 aromatic carbocycles. The molecule has 0 saturated heterocycles. The number of carbonyl (C=O) groups is 2. The third-order valence-electron chi connectivity index (χ3n) is 4.01. The largest absolute Gasteiger partial charge is 0.508 e. The molecule has 3 aromatic rings. The number of carbonyl (C=O) groups excluding carboxylic acids is 1. The Labute approximate surface area is 160 Å². The highest BCUT2D eigenvalue weighted by molar-refractivity contribution is 5.98. The van der Waals surface area contributed by atoms with Crippen LogP contribution in [0.4, 0.5) is 0 Å². The quantitative estimate of drug-likeness (QED) is 0.545. The van der Waals surface area contributed by atoms with Crippen molar-refractivity contribution in [1.29, 1.82) is 0 Å². The molecule has 0 aliphatic rings. The van der Waals surface area contributed by atoms with Gasteiger partial charge in [-0.1, -0.05) is 12.1 Å². The maximum Gasteiger partial charge on any atom is 0.328 e. The smallest absolute Gasteiger partial charge is 0.328 e. The number of methoxy groups -OCH3 is 1. The molecule has 3 rings (SSSR count). The van der Waals surface area contributed by atoms with E-state index in [1.807, 2.05) is 0 Å². The van der Waals surface area contributed by atoms with Crippen LogP contribution in [0.1, 0.15) is 16.1 Å². The highest BCUT2D eigenvalue weighted by Crippen LogP contribution is 2.24. The molecule has 0 aliphatic heterocycles. The van der Waals surface area contributed by atoms with E-state index in [1.165, 1.54) is 25.3 Å². The Bertz CT molecular complexity index is 995. The number of hydrogen-bond acceptors (Lipinski definition) is 6. The van der Waals surface area contributed by atoms with Crippen molar-refractivity contribution in [3.05, 3.63) is 59.9 Å². The first-order chi connectivity index (χ1) is 13.5. The summed E-state index contributed by atoms with van der Waals surface area (Å²) in [5.41, 5.74) is 1.17. The molecule has 3 N–H and O–H groups in total. The molecule has 8 heteroatoms. The summed E-state index contributed by atoms with van der Waals surface area (Å²) in [4.78, 5) is 23.8. The number of aliphatic carboxylic acids is 1. The molecule has 1 unspecified atom stereocenters. The topological polar surface area (TPSA) is 118 Å². The normalized spacial score (nSPS) is 11.9. The number of phenolic OH excluding ortho intramolecular Hbond substituents is 1. The number of carboxylic acid groups (broad SMARTS) is 1. The highest BCUT2D eigenvalue weighted by atomic mass is 16.5. The minimum absolute atomic E-state index is 0.0116. The SMILES string of the molecule is COc1ccc2oc(C(=O)NC(COCc3cccc(O)c3)C(=O)O)cc2c1. The number of hydrogen-bond donors (Lipinski definition) is 3. The van der Waals surface area contributed by atoms with Crippen LogP contribution in [0.5, 0.6) is 11.5 Å². The van der Waals surface area contributed by atoms with Gasteiger partial charge >= 0.3 is 5.97 Å². The number of phenols is 1. The van der Waals surface area contributed by atoms with Crippen LogP contribution in [0.25, 0.3) is 11.0 Å². The van der Waals surface area contributed by atoms with Gasteiger partial charge in [-0.2, -0.15) is 0 Å². The van der Waals surface area contributed by atoms with Gasteiger partial charge in [0, 0.05) is 5.39 Å².